The average molecular weight is 415 g/mol. The molecule has 0 saturated heterocycles. The second-order valence-electron chi connectivity index (χ2n) is 6.64. The molecule has 9 nitrogen and oxygen atoms in total. The highest BCUT2D eigenvalue weighted by Gasteiger charge is 2.27. The quantitative estimate of drug-likeness (QED) is 0.534. The number of amides is 1. The number of anilines is 1. The summed E-state index contributed by atoms with van der Waals surface area (Å²) in [4.78, 5) is 20.8. The Bertz CT molecular complexity index is 1190. The van der Waals surface area contributed by atoms with E-state index in [1.165, 1.54) is 6.33 Å². The third-order valence-electron chi connectivity index (χ3n) is 4.51. The van der Waals surface area contributed by atoms with Crippen LogP contribution in [0.5, 0.6) is 23.1 Å². The van der Waals surface area contributed by atoms with Crippen LogP contribution >= 0.6 is 0 Å². The highest BCUT2D eigenvalue weighted by Crippen LogP contribution is 2.31. The van der Waals surface area contributed by atoms with Gasteiger partial charge in [-0.3, -0.25) is 4.79 Å². The van der Waals surface area contributed by atoms with Gasteiger partial charge in [0.05, 0.1) is 0 Å². The zero-order chi connectivity index (χ0) is 21.0. The van der Waals surface area contributed by atoms with Crippen molar-refractivity contribution in [3.05, 3.63) is 79.4 Å². The van der Waals surface area contributed by atoms with Crippen LogP contribution in [0, 0.1) is 0 Å². The largest absolute Gasteiger partial charge is 0.485 e. The van der Waals surface area contributed by atoms with Crippen LogP contribution in [-0.4, -0.2) is 38.4 Å². The van der Waals surface area contributed by atoms with E-state index in [9.17, 15) is 4.79 Å². The van der Waals surface area contributed by atoms with Crippen molar-refractivity contribution in [2.45, 2.75) is 6.10 Å². The van der Waals surface area contributed by atoms with Gasteiger partial charge in [0.1, 0.15) is 18.7 Å². The van der Waals surface area contributed by atoms with E-state index >= 15 is 0 Å². The molecule has 9 heteroatoms. The lowest BCUT2D eigenvalue weighted by molar-refractivity contribution is -0.125. The number of para-hydroxylation sites is 2. The Morgan fingerprint density at radius 1 is 1.06 bits per heavy atom. The molecule has 1 aliphatic heterocycles. The first-order valence-electron chi connectivity index (χ1n) is 9.54. The van der Waals surface area contributed by atoms with Crippen LogP contribution in [0.15, 0.2) is 79.4 Å². The standard InChI is InChI=1S/C22H17N5O4/c28-22(19-13-29-17-4-1-2-5-18(17)31-19)26-15-6-8-16(9-7-15)30-21-12-20(23-14-24-21)27-11-3-10-25-27/h1-12,14,19H,13H2,(H,26,28). The van der Waals surface area contributed by atoms with E-state index in [-0.39, 0.29) is 12.5 Å². The van der Waals surface area contributed by atoms with Gasteiger partial charge < -0.3 is 19.5 Å². The first-order chi connectivity index (χ1) is 15.2. The molecule has 1 aliphatic rings. The molecule has 0 radical (unpaired) electrons. The van der Waals surface area contributed by atoms with Gasteiger partial charge in [-0.1, -0.05) is 12.1 Å². The van der Waals surface area contributed by atoms with Crippen molar-refractivity contribution in [2.24, 2.45) is 0 Å². The summed E-state index contributed by atoms with van der Waals surface area (Å²) < 4.78 is 18.7. The number of fused-ring (bicyclic) bond motifs is 1. The molecule has 1 N–H and O–H groups in total. The Hall–Kier alpha value is -4.40. The Morgan fingerprint density at radius 2 is 1.90 bits per heavy atom. The van der Waals surface area contributed by atoms with E-state index < -0.39 is 6.10 Å². The average Bonchev–Trinajstić information content (AvgIpc) is 3.35. The third kappa shape index (κ3) is 4.15. The molecule has 0 aliphatic carbocycles. The molecule has 1 unspecified atom stereocenters. The van der Waals surface area contributed by atoms with Crippen molar-refractivity contribution in [3.63, 3.8) is 0 Å². The molecule has 5 rings (SSSR count). The number of benzene rings is 2. The first kappa shape index (κ1) is 18.6. The van der Waals surface area contributed by atoms with Gasteiger partial charge in [0, 0.05) is 24.1 Å². The van der Waals surface area contributed by atoms with Gasteiger partial charge in [-0.2, -0.15) is 5.10 Å². The van der Waals surface area contributed by atoms with Crippen LogP contribution in [0.1, 0.15) is 0 Å². The number of carbonyl (C=O) groups excluding carboxylic acids is 1. The molecule has 154 valence electrons. The molecule has 0 bridgehead atoms. The molecule has 3 heterocycles. The molecule has 0 spiro atoms. The highest BCUT2D eigenvalue weighted by molar-refractivity contribution is 5.94. The minimum Gasteiger partial charge on any atom is -0.485 e. The van der Waals surface area contributed by atoms with Crippen LogP contribution in [-0.2, 0) is 4.79 Å². The van der Waals surface area contributed by atoms with Crippen LogP contribution in [0.25, 0.3) is 5.82 Å². The summed E-state index contributed by atoms with van der Waals surface area (Å²) in [5.41, 5.74) is 0.611. The topological polar surface area (TPSA) is 100 Å². The van der Waals surface area contributed by atoms with Gasteiger partial charge in [-0.25, -0.2) is 14.6 Å². The maximum Gasteiger partial charge on any atom is 0.269 e. The fourth-order valence-corrected chi connectivity index (χ4v) is 3.01. The van der Waals surface area contributed by atoms with Crippen molar-refractivity contribution in [1.29, 1.82) is 0 Å². The van der Waals surface area contributed by atoms with Crippen molar-refractivity contribution >= 4 is 11.6 Å². The van der Waals surface area contributed by atoms with Crippen LogP contribution in [0.2, 0.25) is 0 Å². The number of hydrogen-bond acceptors (Lipinski definition) is 7. The summed E-state index contributed by atoms with van der Waals surface area (Å²) >= 11 is 0. The summed E-state index contributed by atoms with van der Waals surface area (Å²) in [6.45, 7) is 0.149. The Balaban J connectivity index is 1.22. The number of hydrogen-bond donors (Lipinski definition) is 1. The summed E-state index contributed by atoms with van der Waals surface area (Å²) in [6.07, 6.45) is 4.13. The molecule has 1 atom stereocenters. The summed E-state index contributed by atoms with van der Waals surface area (Å²) in [5.74, 6) is 2.43. The lowest BCUT2D eigenvalue weighted by atomic mass is 10.2. The normalized spacial score (nSPS) is 14.6. The molecular formula is C22H17N5O4. The summed E-state index contributed by atoms with van der Waals surface area (Å²) in [5, 5.41) is 6.96. The molecule has 2 aromatic heterocycles. The maximum atomic E-state index is 12.5. The SMILES string of the molecule is O=C(Nc1ccc(Oc2cc(-n3cccn3)ncn2)cc1)C1COc2ccccc2O1. The van der Waals surface area contributed by atoms with E-state index in [2.05, 4.69) is 20.4 Å². The minimum absolute atomic E-state index is 0.149. The number of carbonyl (C=O) groups is 1. The van der Waals surface area contributed by atoms with Crippen molar-refractivity contribution < 1.29 is 19.0 Å². The molecule has 1 amide bonds. The van der Waals surface area contributed by atoms with Crippen molar-refractivity contribution in [2.75, 3.05) is 11.9 Å². The minimum atomic E-state index is -0.729. The van der Waals surface area contributed by atoms with E-state index in [1.54, 1.807) is 65.6 Å². The van der Waals surface area contributed by atoms with Gasteiger partial charge in [0.2, 0.25) is 12.0 Å². The Morgan fingerprint density at radius 3 is 2.71 bits per heavy atom. The third-order valence-corrected chi connectivity index (χ3v) is 4.51. The van der Waals surface area contributed by atoms with Crippen LogP contribution in [0.3, 0.4) is 0 Å². The molecule has 31 heavy (non-hydrogen) atoms. The zero-order valence-corrected chi connectivity index (χ0v) is 16.2. The molecule has 0 saturated carbocycles. The Labute approximate surface area is 177 Å². The number of nitrogens with zero attached hydrogens (tertiary/aromatic N) is 4. The predicted molar refractivity (Wildman–Crippen MR) is 111 cm³/mol. The smallest absolute Gasteiger partial charge is 0.269 e. The van der Waals surface area contributed by atoms with Gasteiger partial charge >= 0.3 is 0 Å². The summed E-state index contributed by atoms with van der Waals surface area (Å²) in [6, 6.07) is 17.7. The molecule has 4 aromatic rings. The van der Waals surface area contributed by atoms with E-state index in [0.29, 0.717) is 34.6 Å². The molecule has 2 aromatic carbocycles. The van der Waals surface area contributed by atoms with Crippen LogP contribution in [0.4, 0.5) is 5.69 Å². The van der Waals surface area contributed by atoms with Crippen LogP contribution < -0.4 is 19.5 Å². The zero-order valence-electron chi connectivity index (χ0n) is 16.2. The predicted octanol–water partition coefficient (Wildman–Crippen LogP) is 3.23. The monoisotopic (exact) mass is 415 g/mol. The lowest BCUT2D eigenvalue weighted by Crippen LogP contribution is -2.40. The maximum absolute atomic E-state index is 12.5. The second-order valence-corrected chi connectivity index (χ2v) is 6.64. The van der Waals surface area contributed by atoms with Gasteiger partial charge in [0.25, 0.3) is 5.91 Å². The Kier molecular flexibility index (Phi) is 4.89. The van der Waals surface area contributed by atoms with Gasteiger partial charge in [-0.05, 0) is 42.5 Å². The summed E-state index contributed by atoms with van der Waals surface area (Å²) in [7, 11) is 0. The fraction of sp³-hybridized carbons (Fsp3) is 0.0909. The number of rotatable bonds is 5. The van der Waals surface area contributed by atoms with Crippen molar-refractivity contribution in [1.82, 2.24) is 19.7 Å². The van der Waals surface area contributed by atoms with E-state index in [1.807, 2.05) is 12.1 Å². The van der Waals surface area contributed by atoms with Gasteiger partial charge in [0.15, 0.2) is 17.3 Å². The van der Waals surface area contributed by atoms with E-state index in [4.69, 9.17) is 14.2 Å². The highest BCUT2D eigenvalue weighted by atomic mass is 16.6. The van der Waals surface area contributed by atoms with E-state index in [0.717, 1.165) is 0 Å². The second kappa shape index (κ2) is 8.15. The molecular weight excluding hydrogens is 398 g/mol. The van der Waals surface area contributed by atoms with Crippen molar-refractivity contribution in [3.8, 4) is 28.9 Å². The lowest BCUT2D eigenvalue weighted by Gasteiger charge is -2.25. The number of nitrogens with one attached hydrogen (secondary N) is 1. The fourth-order valence-electron chi connectivity index (χ4n) is 3.01. The number of aromatic nitrogens is 4. The first-order valence-corrected chi connectivity index (χ1v) is 9.54. The molecule has 0 fully saturated rings. The number of ether oxygens (including phenoxy) is 3. The van der Waals surface area contributed by atoms with Gasteiger partial charge in [-0.15, -0.1) is 0 Å².